The Morgan fingerprint density at radius 2 is 1.79 bits per heavy atom. The maximum absolute atomic E-state index is 12.2. The highest BCUT2D eigenvalue weighted by Gasteiger charge is 2.57. The topological polar surface area (TPSA) is 73.1 Å². The largest absolute Gasteiger partial charge is 0.423 e. The van der Waals surface area contributed by atoms with Gasteiger partial charge in [-0.05, 0) is 6.07 Å². The minimum atomic E-state index is -5.56. The van der Waals surface area contributed by atoms with E-state index < -0.39 is 25.1 Å². The van der Waals surface area contributed by atoms with Crippen LogP contribution >= 0.6 is 0 Å². The Hall–Kier alpha value is -1.62. The van der Waals surface area contributed by atoms with E-state index in [0.29, 0.717) is 0 Å². The SMILES string of the molecule is NNc1nccc(COC(C(F)(F)F)C(F)(F)F)n1. The van der Waals surface area contributed by atoms with Crippen LogP contribution in [0.4, 0.5) is 32.3 Å². The summed E-state index contributed by atoms with van der Waals surface area (Å²) in [4.78, 5) is 7.06. The standard InChI is InChI=1S/C8H8F6N4O/c9-7(10,11)5(8(12,13)14)19-3-4-1-2-16-6(17-4)18-15/h1-2,5H,3,15H2,(H,16,17,18). The van der Waals surface area contributed by atoms with Gasteiger partial charge in [0.1, 0.15) is 0 Å². The molecule has 3 N–H and O–H groups in total. The summed E-state index contributed by atoms with van der Waals surface area (Å²) in [5, 5.41) is 0. The van der Waals surface area contributed by atoms with Gasteiger partial charge in [0.05, 0.1) is 12.3 Å². The van der Waals surface area contributed by atoms with Crippen molar-refractivity contribution >= 4 is 5.95 Å². The fourth-order valence-corrected chi connectivity index (χ4v) is 1.09. The molecule has 0 aliphatic carbocycles. The molecule has 0 fully saturated rings. The van der Waals surface area contributed by atoms with Crippen molar-refractivity contribution in [3.05, 3.63) is 18.0 Å². The number of hydrazine groups is 1. The lowest BCUT2D eigenvalue weighted by Gasteiger charge is -2.22. The maximum atomic E-state index is 12.2. The third-order valence-electron chi connectivity index (χ3n) is 1.83. The second kappa shape index (κ2) is 5.57. The molecule has 1 aromatic heterocycles. The Balaban J connectivity index is 2.77. The van der Waals surface area contributed by atoms with Gasteiger partial charge in [0.25, 0.3) is 0 Å². The van der Waals surface area contributed by atoms with Crippen LogP contribution in [0, 0.1) is 0 Å². The van der Waals surface area contributed by atoms with E-state index in [1.54, 1.807) is 0 Å². The number of nitrogens with one attached hydrogen (secondary N) is 1. The molecule has 0 saturated carbocycles. The van der Waals surface area contributed by atoms with Crippen LogP contribution in [0.5, 0.6) is 0 Å². The van der Waals surface area contributed by atoms with Crippen molar-refractivity contribution in [3.8, 4) is 0 Å². The summed E-state index contributed by atoms with van der Waals surface area (Å²) in [5.41, 5.74) is 1.81. The molecule has 0 saturated heterocycles. The van der Waals surface area contributed by atoms with Gasteiger partial charge < -0.3 is 4.74 Å². The number of nitrogens with two attached hydrogens (primary N) is 1. The average Bonchev–Trinajstić information content (AvgIpc) is 2.26. The van der Waals surface area contributed by atoms with Crippen molar-refractivity contribution in [2.24, 2.45) is 5.84 Å². The summed E-state index contributed by atoms with van der Waals surface area (Å²) in [5.74, 6) is 4.78. The lowest BCUT2D eigenvalue weighted by molar-refractivity contribution is -0.324. The number of ether oxygens (including phenoxy) is 1. The molecule has 1 aromatic rings. The van der Waals surface area contributed by atoms with Crippen molar-refractivity contribution in [2.45, 2.75) is 25.1 Å². The summed E-state index contributed by atoms with van der Waals surface area (Å²) in [6.45, 7) is -0.985. The van der Waals surface area contributed by atoms with E-state index in [-0.39, 0.29) is 11.6 Å². The minimum Gasteiger partial charge on any atom is -0.354 e. The molecular weight excluding hydrogens is 282 g/mol. The van der Waals surface area contributed by atoms with E-state index >= 15 is 0 Å². The van der Waals surface area contributed by atoms with Gasteiger partial charge in [-0.3, -0.25) is 5.43 Å². The number of hydrogen-bond acceptors (Lipinski definition) is 5. The zero-order chi connectivity index (χ0) is 14.7. The van der Waals surface area contributed by atoms with Crippen LogP contribution in [0.3, 0.4) is 0 Å². The first-order valence-corrected chi connectivity index (χ1v) is 4.68. The highest BCUT2D eigenvalue weighted by molar-refractivity contribution is 5.22. The lowest BCUT2D eigenvalue weighted by Crippen LogP contribution is -2.44. The van der Waals surface area contributed by atoms with Gasteiger partial charge in [0.2, 0.25) is 12.1 Å². The quantitative estimate of drug-likeness (QED) is 0.502. The third-order valence-corrected chi connectivity index (χ3v) is 1.83. The summed E-state index contributed by atoms with van der Waals surface area (Å²) in [6, 6.07) is 1.10. The second-order valence-corrected chi connectivity index (χ2v) is 3.29. The van der Waals surface area contributed by atoms with Crippen LogP contribution in [0.1, 0.15) is 5.69 Å². The first-order valence-electron chi connectivity index (χ1n) is 4.68. The number of halogens is 6. The van der Waals surface area contributed by atoms with E-state index in [9.17, 15) is 26.3 Å². The highest BCUT2D eigenvalue weighted by Crippen LogP contribution is 2.36. The minimum absolute atomic E-state index is 0.156. The second-order valence-electron chi connectivity index (χ2n) is 3.29. The molecule has 108 valence electrons. The van der Waals surface area contributed by atoms with Crippen molar-refractivity contribution in [2.75, 3.05) is 5.43 Å². The molecule has 11 heteroatoms. The van der Waals surface area contributed by atoms with Gasteiger partial charge in [-0.25, -0.2) is 15.8 Å². The van der Waals surface area contributed by atoms with Crippen molar-refractivity contribution < 1.29 is 31.1 Å². The molecule has 1 rings (SSSR count). The number of alkyl halides is 6. The summed E-state index contributed by atoms with van der Waals surface area (Å²) in [6.07, 6.45) is -13.9. The average molecular weight is 290 g/mol. The molecule has 1 heterocycles. The maximum Gasteiger partial charge on any atom is 0.423 e. The van der Waals surface area contributed by atoms with Crippen LogP contribution < -0.4 is 11.3 Å². The molecule has 0 aromatic carbocycles. The fourth-order valence-electron chi connectivity index (χ4n) is 1.09. The first-order chi connectivity index (χ1) is 8.64. The molecule has 19 heavy (non-hydrogen) atoms. The Morgan fingerprint density at radius 1 is 1.21 bits per heavy atom. The van der Waals surface area contributed by atoms with Gasteiger partial charge in [-0.1, -0.05) is 0 Å². The number of nitrogen functional groups attached to an aromatic ring is 1. The number of nitrogens with zero attached hydrogens (tertiary/aromatic N) is 2. The van der Waals surface area contributed by atoms with Gasteiger partial charge in [0, 0.05) is 6.20 Å². The van der Waals surface area contributed by atoms with E-state index in [0.717, 1.165) is 12.3 Å². The normalized spacial score (nSPS) is 12.8. The van der Waals surface area contributed by atoms with E-state index in [1.165, 1.54) is 0 Å². The van der Waals surface area contributed by atoms with Crippen LogP contribution in [0.15, 0.2) is 12.3 Å². The number of rotatable bonds is 4. The van der Waals surface area contributed by atoms with Gasteiger partial charge in [-0.15, -0.1) is 0 Å². The molecular formula is C8H8F6N4O. The van der Waals surface area contributed by atoms with Crippen molar-refractivity contribution in [1.82, 2.24) is 9.97 Å². The number of aromatic nitrogens is 2. The molecule has 0 amide bonds. The highest BCUT2D eigenvalue weighted by atomic mass is 19.4. The molecule has 0 unspecified atom stereocenters. The first kappa shape index (κ1) is 15.4. The molecule has 0 radical (unpaired) electrons. The number of anilines is 1. The predicted octanol–water partition coefficient (Wildman–Crippen LogP) is 1.77. The fraction of sp³-hybridized carbons (Fsp3) is 0.500. The van der Waals surface area contributed by atoms with E-state index in [1.807, 2.05) is 5.43 Å². The molecule has 0 aliphatic heterocycles. The van der Waals surface area contributed by atoms with Gasteiger partial charge >= 0.3 is 12.4 Å². The predicted molar refractivity (Wildman–Crippen MR) is 50.5 cm³/mol. The van der Waals surface area contributed by atoms with Gasteiger partial charge in [-0.2, -0.15) is 26.3 Å². The zero-order valence-electron chi connectivity index (χ0n) is 9.09. The van der Waals surface area contributed by atoms with Crippen molar-refractivity contribution in [1.29, 1.82) is 0 Å². The number of hydrogen-bond donors (Lipinski definition) is 2. The Kier molecular flexibility index (Phi) is 4.52. The zero-order valence-corrected chi connectivity index (χ0v) is 9.09. The van der Waals surface area contributed by atoms with Crippen molar-refractivity contribution in [3.63, 3.8) is 0 Å². The molecule has 0 bridgehead atoms. The monoisotopic (exact) mass is 290 g/mol. The third kappa shape index (κ3) is 4.52. The molecule has 0 spiro atoms. The van der Waals surface area contributed by atoms with Crippen LogP contribution in [-0.4, -0.2) is 28.4 Å². The Bertz CT molecular complexity index is 406. The Morgan fingerprint density at radius 3 is 2.26 bits per heavy atom. The van der Waals surface area contributed by atoms with Crippen LogP contribution in [0.25, 0.3) is 0 Å². The van der Waals surface area contributed by atoms with E-state index in [4.69, 9.17) is 5.84 Å². The molecule has 0 atom stereocenters. The van der Waals surface area contributed by atoms with Gasteiger partial charge in [0.15, 0.2) is 0 Å². The smallest absolute Gasteiger partial charge is 0.354 e. The van der Waals surface area contributed by atoms with Crippen LogP contribution in [0.2, 0.25) is 0 Å². The van der Waals surface area contributed by atoms with Crippen LogP contribution in [-0.2, 0) is 11.3 Å². The Labute approximate surface area is 102 Å². The molecule has 5 nitrogen and oxygen atoms in total. The summed E-state index contributed by atoms with van der Waals surface area (Å²) >= 11 is 0. The lowest BCUT2D eigenvalue weighted by atomic mass is 10.3. The summed E-state index contributed by atoms with van der Waals surface area (Å²) in [7, 11) is 0. The molecule has 0 aliphatic rings. The van der Waals surface area contributed by atoms with E-state index in [2.05, 4.69) is 14.7 Å². The summed E-state index contributed by atoms with van der Waals surface area (Å²) < 4.78 is 76.8.